The van der Waals surface area contributed by atoms with Crippen LogP contribution in [-0.4, -0.2) is 18.6 Å². The lowest BCUT2D eigenvalue weighted by Gasteiger charge is -2.20. The zero-order chi connectivity index (χ0) is 15.9. The van der Waals surface area contributed by atoms with Crippen molar-refractivity contribution in [1.82, 2.24) is 0 Å². The predicted molar refractivity (Wildman–Crippen MR) is 84.2 cm³/mol. The molecule has 1 aromatic rings. The van der Waals surface area contributed by atoms with Gasteiger partial charge in [0.15, 0.2) is 0 Å². The molecule has 1 atom stereocenters. The van der Waals surface area contributed by atoms with Gasteiger partial charge in [-0.3, -0.25) is 4.79 Å². The smallest absolute Gasteiger partial charge is 0.234 e. The third-order valence-electron chi connectivity index (χ3n) is 4.47. The van der Waals surface area contributed by atoms with Crippen molar-refractivity contribution in [2.45, 2.75) is 51.6 Å². The molecule has 1 aromatic carbocycles. The highest BCUT2D eigenvalue weighted by Gasteiger charge is 2.44. The van der Waals surface area contributed by atoms with E-state index in [-0.39, 0.29) is 12.0 Å². The molecule has 2 aliphatic rings. The summed E-state index contributed by atoms with van der Waals surface area (Å²) in [7, 11) is 0. The fraction of sp³-hybridized carbons (Fsp3) is 0.562. The number of ether oxygens (including phenoxy) is 1. The molecule has 0 fully saturated rings. The van der Waals surface area contributed by atoms with E-state index in [2.05, 4.69) is 28.3 Å². The second-order valence-corrected chi connectivity index (χ2v) is 6.46. The summed E-state index contributed by atoms with van der Waals surface area (Å²) in [5.41, 5.74) is 12.0. The summed E-state index contributed by atoms with van der Waals surface area (Å²) < 4.78 is 6.01. The Morgan fingerprint density at radius 2 is 2.32 bits per heavy atom. The highest BCUT2D eigenvalue weighted by Crippen LogP contribution is 2.49. The highest BCUT2D eigenvalue weighted by atomic mass is 16.5. The van der Waals surface area contributed by atoms with Crippen molar-refractivity contribution in [2.75, 3.05) is 11.9 Å². The van der Waals surface area contributed by atoms with Crippen LogP contribution < -0.4 is 10.1 Å². The maximum atomic E-state index is 12.3. The molecule has 1 amide bonds. The van der Waals surface area contributed by atoms with Crippen LogP contribution in [0.2, 0.25) is 0 Å². The number of hydrogen-bond donors (Lipinski definition) is 1. The molecule has 0 saturated heterocycles. The molecule has 2 aliphatic heterocycles. The van der Waals surface area contributed by atoms with E-state index in [1.54, 1.807) is 0 Å². The molecule has 6 nitrogen and oxygen atoms in total. The lowest BCUT2D eigenvalue weighted by molar-refractivity contribution is -0.119. The van der Waals surface area contributed by atoms with Crippen LogP contribution in [-0.2, 0) is 23.1 Å². The van der Waals surface area contributed by atoms with Crippen LogP contribution in [0.1, 0.15) is 43.9 Å². The Labute approximate surface area is 129 Å². The van der Waals surface area contributed by atoms with Crippen molar-refractivity contribution in [3.63, 3.8) is 0 Å². The SMILES string of the molecule is CCCc1cc2c(c3c1NC(=O)C3(C)C)OC(CN=[N+]=[N-])C2. The third-order valence-corrected chi connectivity index (χ3v) is 4.47. The first-order valence-electron chi connectivity index (χ1n) is 7.67. The van der Waals surface area contributed by atoms with Crippen molar-refractivity contribution < 1.29 is 9.53 Å². The molecule has 22 heavy (non-hydrogen) atoms. The first kappa shape index (κ1) is 14.7. The molecule has 1 N–H and O–H groups in total. The Kier molecular flexibility index (Phi) is 3.49. The Bertz CT molecular complexity index is 690. The van der Waals surface area contributed by atoms with E-state index in [9.17, 15) is 4.79 Å². The standard InChI is InChI=1S/C16H20N4O2/c1-4-5-9-6-10-7-11(8-18-20-17)22-14(10)12-13(9)19-15(21)16(12,2)3/h6,11H,4-5,7-8H2,1-3H3,(H,19,21). The van der Waals surface area contributed by atoms with E-state index >= 15 is 0 Å². The summed E-state index contributed by atoms with van der Waals surface area (Å²) in [6, 6.07) is 2.13. The molecule has 3 rings (SSSR count). The van der Waals surface area contributed by atoms with Gasteiger partial charge in [0, 0.05) is 16.9 Å². The number of fused-ring (bicyclic) bond motifs is 3. The molecule has 116 valence electrons. The number of azide groups is 1. The summed E-state index contributed by atoms with van der Waals surface area (Å²) in [6.45, 7) is 6.29. The average molecular weight is 300 g/mol. The molecule has 0 aromatic heterocycles. The van der Waals surface area contributed by atoms with Crippen molar-refractivity contribution in [3.05, 3.63) is 33.2 Å². The van der Waals surface area contributed by atoms with Gasteiger partial charge in [-0.25, -0.2) is 0 Å². The van der Waals surface area contributed by atoms with Crippen molar-refractivity contribution in [3.8, 4) is 5.75 Å². The number of benzene rings is 1. The zero-order valence-corrected chi connectivity index (χ0v) is 13.1. The molecule has 0 bridgehead atoms. The molecule has 6 heteroatoms. The van der Waals surface area contributed by atoms with Gasteiger partial charge in [-0.2, -0.15) is 0 Å². The molecule has 0 radical (unpaired) electrons. The number of anilines is 1. The van der Waals surface area contributed by atoms with Gasteiger partial charge in [0.25, 0.3) is 0 Å². The third kappa shape index (κ3) is 2.11. The van der Waals surface area contributed by atoms with Gasteiger partial charge < -0.3 is 10.1 Å². The summed E-state index contributed by atoms with van der Waals surface area (Å²) in [6.07, 6.45) is 2.53. The minimum atomic E-state index is -0.601. The number of carbonyl (C=O) groups excluding carboxylic acids is 1. The highest BCUT2D eigenvalue weighted by molar-refractivity contribution is 6.07. The summed E-state index contributed by atoms with van der Waals surface area (Å²) in [4.78, 5) is 15.1. The van der Waals surface area contributed by atoms with E-state index < -0.39 is 5.41 Å². The minimum absolute atomic E-state index is 0.00958. The van der Waals surface area contributed by atoms with Gasteiger partial charge in [-0.15, -0.1) is 0 Å². The van der Waals surface area contributed by atoms with Gasteiger partial charge in [0.05, 0.1) is 17.6 Å². The van der Waals surface area contributed by atoms with Crippen LogP contribution in [0.3, 0.4) is 0 Å². The number of carbonyl (C=O) groups is 1. The van der Waals surface area contributed by atoms with Gasteiger partial charge in [-0.1, -0.05) is 18.5 Å². The molecule has 1 unspecified atom stereocenters. The first-order valence-corrected chi connectivity index (χ1v) is 7.67. The molecular formula is C16H20N4O2. The number of amides is 1. The normalized spacial score (nSPS) is 20.7. The van der Waals surface area contributed by atoms with Crippen LogP contribution in [0.5, 0.6) is 5.75 Å². The lowest BCUT2D eigenvalue weighted by atomic mass is 9.83. The van der Waals surface area contributed by atoms with E-state index in [0.29, 0.717) is 6.54 Å². The van der Waals surface area contributed by atoms with Gasteiger partial charge in [0.2, 0.25) is 5.91 Å². The predicted octanol–water partition coefficient (Wildman–Crippen LogP) is 3.48. The zero-order valence-electron chi connectivity index (χ0n) is 13.1. The Morgan fingerprint density at radius 3 is 3.00 bits per heavy atom. The van der Waals surface area contributed by atoms with E-state index in [0.717, 1.165) is 41.8 Å². The quantitative estimate of drug-likeness (QED) is 0.524. The average Bonchev–Trinajstić information content (AvgIpc) is 2.96. The maximum Gasteiger partial charge on any atom is 0.234 e. The van der Waals surface area contributed by atoms with Gasteiger partial charge in [0.1, 0.15) is 11.9 Å². The lowest BCUT2D eigenvalue weighted by Crippen LogP contribution is -2.27. The topological polar surface area (TPSA) is 87.1 Å². The van der Waals surface area contributed by atoms with E-state index in [1.165, 1.54) is 5.56 Å². The summed E-state index contributed by atoms with van der Waals surface area (Å²) >= 11 is 0. The van der Waals surface area contributed by atoms with E-state index in [1.807, 2.05) is 13.8 Å². The van der Waals surface area contributed by atoms with E-state index in [4.69, 9.17) is 10.3 Å². The van der Waals surface area contributed by atoms with Crippen molar-refractivity contribution in [2.24, 2.45) is 5.11 Å². The molecule has 0 aliphatic carbocycles. The largest absolute Gasteiger partial charge is 0.489 e. The van der Waals surface area contributed by atoms with Crippen LogP contribution in [0.4, 0.5) is 5.69 Å². The fourth-order valence-corrected chi connectivity index (χ4v) is 3.34. The molecule has 2 heterocycles. The van der Waals surface area contributed by atoms with Crippen LogP contribution in [0.15, 0.2) is 11.2 Å². The fourth-order valence-electron chi connectivity index (χ4n) is 3.34. The Morgan fingerprint density at radius 1 is 1.55 bits per heavy atom. The minimum Gasteiger partial charge on any atom is -0.489 e. The summed E-state index contributed by atoms with van der Waals surface area (Å²) in [5.74, 6) is 0.812. The van der Waals surface area contributed by atoms with Crippen LogP contribution >= 0.6 is 0 Å². The Hall–Kier alpha value is -2.20. The molecule has 0 saturated carbocycles. The summed E-state index contributed by atoms with van der Waals surface area (Å²) in [5, 5.41) is 6.64. The molecule has 0 spiro atoms. The number of nitrogens with zero attached hydrogens (tertiary/aromatic N) is 3. The first-order chi connectivity index (χ1) is 10.5. The number of aryl methyl sites for hydroxylation is 1. The van der Waals surface area contributed by atoms with Gasteiger partial charge >= 0.3 is 0 Å². The number of rotatable bonds is 4. The van der Waals surface area contributed by atoms with Crippen molar-refractivity contribution in [1.29, 1.82) is 0 Å². The monoisotopic (exact) mass is 300 g/mol. The number of hydrogen-bond acceptors (Lipinski definition) is 3. The maximum absolute atomic E-state index is 12.3. The Balaban J connectivity index is 2.09. The van der Waals surface area contributed by atoms with Crippen LogP contribution in [0, 0.1) is 0 Å². The van der Waals surface area contributed by atoms with Crippen LogP contribution in [0.25, 0.3) is 10.4 Å². The number of nitrogens with one attached hydrogen (secondary N) is 1. The van der Waals surface area contributed by atoms with Crippen molar-refractivity contribution >= 4 is 11.6 Å². The van der Waals surface area contributed by atoms with Gasteiger partial charge in [-0.05, 0) is 43.0 Å². The second kappa shape index (κ2) is 5.21. The second-order valence-electron chi connectivity index (χ2n) is 6.46. The molecular weight excluding hydrogens is 280 g/mol.